The molecule has 1 aromatic carbocycles. The molecule has 0 amide bonds. The number of aromatic nitrogens is 2. The summed E-state index contributed by atoms with van der Waals surface area (Å²) in [5.41, 5.74) is 7.44. The Morgan fingerprint density at radius 2 is 2.04 bits per heavy atom. The van der Waals surface area contributed by atoms with Crippen LogP contribution in [0.1, 0.15) is 30.1 Å². The van der Waals surface area contributed by atoms with Crippen molar-refractivity contribution in [3.63, 3.8) is 0 Å². The van der Waals surface area contributed by atoms with Crippen LogP contribution in [0.2, 0.25) is 0 Å². The Bertz CT molecular complexity index is 651. The number of halogens is 2. The Kier molecular flexibility index (Phi) is 4.66. The van der Waals surface area contributed by atoms with Crippen molar-refractivity contribution in [1.82, 2.24) is 9.97 Å². The Morgan fingerprint density at radius 3 is 2.70 bits per heavy atom. The zero-order chi connectivity index (χ0) is 16.2. The monoisotopic (exact) mass is 321 g/mol. The minimum absolute atomic E-state index is 0.00995. The predicted octanol–water partition coefficient (Wildman–Crippen LogP) is 2.91. The highest BCUT2D eigenvalue weighted by molar-refractivity contribution is 5.45. The Morgan fingerprint density at radius 1 is 1.22 bits per heavy atom. The third-order valence-electron chi connectivity index (χ3n) is 3.62. The van der Waals surface area contributed by atoms with Crippen molar-refractivity contribution in [2.24, 2.45) is 11.7 Å². The second-order valence-electron chi connectivity index (χ2n) is 5.45. The highest BCUT2D eigenvalue weighted by atomic mass is 19.3. The van der Waals surface area contributed by atoms with E-state index in [-0.39, 0.29) is 11.5 Å². The van der Waals surface area contributed by atoms with Crippen LogP contribution in [0.4, 0.5) is 8.78 Å². The van der Waals surface area contributed by atoms with Gasteiger partial charge in [0.25, 0.3) is 0 Å². The Hall–Kier alpha value is -2.28. The fourth-order valence-electron chi connectivity index (χ4n) is 2.16. The van der Waals surface area contributed by atoms with Crippen molar-refractivity contribution in [1.29, 1.82) is 0 Å². The lowest BCUT2D eigenvalue weighted by molar-refractivity contribution is -0.0515. The molecule has 0 aliphatic heterocycles. The van der Waals surface area contributed by atoms with E-state index in [9.17, 15) is 8.78 Å². The SMILES string of the molecule is NC(c1ccc(OC(F)F)c(OCC2CC2)c1)c1cnccn1. The number of benzene rings is 1. The summed E-state index contributed by atoms with van der Waals surface area (Å²) in [6.45, 7) is -2.42. The van der Waals surface area contributed by atoms with E-state index in [1.165, 1.54) is 6.07 Å². The molecular formula is C16H17F2N3O2. The minimum atomic E-state index is -2.90. The highest BCUT2D eigenvalue weighted by Crippen LogP contribution is 2.35. The fraction of sp³-hybridized carbons (Fsp3) is 0.375. The van der Waals surface area contributed by atoms with Crippen molar-refractivity contribution >= 4 is 0 Å². The molecule has 0 bridgehead atoms. The molecule has 5 nitrogen and oxygen atoms in total. The summed E-state index contributed by atoms with van der Waals surface area (Å²) in [4.78, 5) is 8.14. The molecule has 2 aromatic rings. The Labute approximate surface area is 132 Å². The van der Waals surface area contributed by atoms with Crippen LogP contribution in [0.5, 0.6) is 11.5 Å². The van der Waals surface area contributed by atoms with Gasteiger partial charge in [0.1, 0.15) is 0 Å². The van der Waals surface area contributed by atoms with E-state index in [0.717, 1.165) is 12.8 Å². The van der Waals surface area contributed by atoms with Gasteiger partial charge >= 0.3 is 6.61 Å². The average Bonchev–Trinajstić information content (AvgIpc) is 3.38. The van der Waals surface area contributed by atoms with Gasteiger partial charge in [-0.25, -0.2) is 0 Å². The van der Waals surface area contributed by atoms with Crippen LogP contribution in [0.25, 0.3) is 0 Å². The molecule has 0 saturated heterocycles. The number of ether oxygens (including phenoxy) is 2. The lowest BCUT2D eigenvalue weighted by atomic mass is 10.0. The van der Waals surface area contributed by atoms with Crippen LogP contribution in [0, 0.1) is 5.92 Å². The lowest BCUT2D eigenvalue weighted by Gasteiger charge is -2.16. The number of rotatable bonds is 7. The Balaban J connectivity index is 1.83. The lowest BCUT2D eigenvalue weighted by Crippen LogP contribution is -2.14. The minimum Gasteiger partial charge on any atom is -0.489 e. The van der Waals surface area contributed by atoms with Gasteiger partial charge in [0.2, 0.25) is 0 Å². The summed E-state index contributed by atoms with van der Waals surface area (Å²) >= 11 is 0. The second kappa shape index (κ2) is 6.87. The normalized spacial score (nSPS) is 15.5. The molecule has 1 heterocycles. The van der Waals surface area contributed by atoms with Crippen molar-refractivity contribution in [3.8, 4) is 11.5 Å². The molecule has 23 heavy (non-hydrogen) atoms. The molecule has 2 N–H and O–H groups in total. The number of hydrogen-bond donors (Lipinski definition) is 1. The summed E-state index contributed by atoms with van der Waals surface area (Å²) in [7, 11) is 0. The molecule has 1 atom stereocenters. The van der Waals surface area contributed by atoms with E-state index in [4.69, 9.17) is 10.5 Å². The first-order chi connectivity index (χ1) is 11.1. The molecule has 1 aromatic heterocycles. The van der Waals surface area contributed by atoms with Crippen molar-refractivity contribution < 1.29 is 18.3 Å². The zero-order valence-electron chi connectivity index (χ0n) is 12.4. The molecule has 1 aliphatic carbocycles. The van der Waals surface area contributed by atoms with Crippen LogP contribution < -0.4 is 15.2 Å². The van der Waals surface area contributed by atoms with Gasteiger partial charge in [-0.05, 0) is 36.5 Å². The maximum Gasteiger partial charge on any atom is 0.387 e. The first kappa shape index (κ1) is 15.6. The van der Waals surface area contributed by atoms with Crippen molar-refractivity contribution in [2.75, 3.05) is 6.61 Å². The molecule has 3 rings (SSSR count). The van der Waals surface area contributed by atoms with E-state index < -0.39 is 12.7 Å². The summed E-state index contributed by atoms with van der Waals surface area (Å²) in [5.74, 6) is 0.775. The van der Waals surface area contributed by atoms with Crippen molar-refractivity contribution in [2.45, 2.75) is 25.5 Å². The van der Waals surface area contributed by atoms with Gasteiger partial charge in [-0.2, -0.15) is 8.78 Å². The largest absolute Gasteiger partial charge is 0.489 e. The first-order valence-corrected chi connectivity index (χ1v) is 7.36. The van der Waals surface area contributed by atoms with Crippen LogP contribution in [-0.2, 0) is 0 Å². The summed E-state index contributed by atoms with van der Waals surface area (Å²) < 4.78 is 35.2. The molecule has 1 fully saturated rings. The van der Waals surface area contributed by atoms with Crippen LogP contribution >= 0.6 is 0 Å². The number of hydrogen-bond acceptors (Lipinski definition) is 5. The molecule has 7 heteroatoms. The smallest absolute Gasteiger partial charge is 0.387 e. The van der Waals surface area contributed by atoms with Crippen molar-refractivity contribution in [3.05, 3.63) is 48.0 Å². The molecule has 0 spiro atoms. The predicted molar refractivity (Wildman–Crippen MR) is 79.4 cm³/mol. The third-order valence-corrected chi connectivity index (χ3v) is 3.62. The maximum atomic E-state index is 12.5. The molecule has 0 radical (unpaired) electrons. The van der Waals surface area contributed by atoms with Gasteiger partial charge < -0.3 is 15.2 Å². The van der Waals surface area contributed by atoms with Gasteiger partial charge in [0, 0.05) is 12.4 Å². The second-order valence-corrected chi connectivity index (χ2v) is 5.45. The van der Waals surface area contributed by atoms with E-state index in [2.05, 4.69) is 14.7 Å². The molecule has 1 aliphatic rings. The quantitative estimate of drug-likeness (QED) is 0.849. The summed E-state index contributed by atoms with van der Waals surface area (Å²) in [5, 5.41) is 0. The summed E-state index contributed by atoms with van der Waals surface area (Å²) in [6.07, 6.45) is 6.88. The van der Waals surface area contributed by atoms with Crippen LogP contribution in [-0.4, -0.2) is 23.2 Å². The van der Waals surface area contributed by atoms with Gasteiger partial charge in [0.15, 0.2) is 11.5 Å². The van der Waals surface area contributed by atoms with E-state index in [1.807, 2.05) is 0 Å². The van der Waals surface area contributed by atoms with Gasteiger partial charge in [-0.15, -0.1) is 0 Å². The van der Waals surface area contributed by atoms with Gasteiger partial charge in [-0.3, -0.25) is 9.97 Å². The van der Waals surface area contributed by atoms with Gasteiger partial charge in [-0.1, -0.05) is 6.07 Å². The maximum absolute atomic E-state index is 12.5. The molecule has 1 saturated carbocycles. The van der Waals surface area contributed by atoms with E-state index in [1.54, 1.807) is 30.7 Å². The van der Waals surface area contributed by atoms with Crippen LogP contribution in [0.3, 0.4) is 0 Å². The highest BCUT2D eigenvalue weighted by Gasteiger charge is 2.23. The molecule has 1 unspecified atom stereocenters. The average molecular weight is 321 g/mol. The summed E-state index contributed by atoms with van der Waals surface area (Å²) in [6, 6.07) is 4.17. The fourth-order valence-corrected chi connectivity index (χ4v) is 2.16. The van der Waals surface area contributed by atoms with E-state index in [0.29, 0.717) is 23.8 Å². The van der Waals surface area contributed by atoms with Gasteiger partial charge in [0.05, 0.1) is 24.5 Å². The number of nitrogens with two attached hydrogens (primary N) is 1. The number of alkyl halides is 2. The zero-order valence-corrected chi connectivity index (χ0v) is 12.4. The standard InChI is InChI=1S/C16H17F2N3O2/c17-16(18)23-13-4-3-11(7-14(13)22-9-10-1-2-10)15(19)12-8-20-5-6-21-12/h3-8,10,15-16H,1-2,9,19H2. The molecular weight excluding hydrogens is 304 g/mol. The van der Waals surface area contributed by atoms with E-state index >= 15 is 0 Å². The van der Waals surface area contributed by atoms with Crippen LogP contribution in [0.15, 0.2) is 36.8 Å². The number of nitrogens with zero attached hydrogens (tertiary/aromatic N) is 2. The first-order valence-electron chi connectivity index (χ1n) is 7.36. The molecule has 122 valence electrons. The topological polar surface area (TPSA) is 70.3 Å². The third kappa shape index (κ3) is 4.13.